The summed E-state index contributed by atoms with van der Waals surface area (Å²) >= 11 is 0. The molecule has 0 aliphatic heterocycles. The molecule has 0 unspecified atom stereocenters. The molecule has 0 heterocycles. The first-order chi connectivity index (χ1) is 12.2. The van der Waals surface area contributed by atoms with Gasteiger partial charge in [-0.15, -0.1) is 0 Å². The Balaban J connectivity index is 2.25. The molecule has 2 aromatic rings. The average molecular weight is 375 g/mol. The number of sulfonamides is 1. The first-order valence-electron chi connectivity index (χ1n) is 8.62. The maximum absolute atomic E-state index is 12.6. The molecule has 26 heavy (non-hydrogen) atoms. The highest BCUT2D eigenvalue weighted by atomic mass is 32.2. The van der Waals surface area contributed by atoms with E-state index in [1.807, 2.05) is 69.3 Å². The van der Waals surface area contributed by atoms with Crippen LogP contribution in [0.2, 0.25) is 0 Å². The summed E-state index contributed by atoms with van der Waals surface area (Å²) in [6, 6.07) is 15.1. The van der Waals surface area contributed by atoms with E-state index in [0.717, 1.165) is 29.4 Å². The molecule has 0 aliphatic carbocycles. The van der Waals surface area contributed by atoms with E-state index in [1.165, 1.54) is 4.31 Å². The largest absolute Gasteiger partial charge is 0.348 e. The van der Waals surface area contributed by atoms with Crippen LogP contribution >= 0.6 is 0 Å². The summed E-state index contributed by atoms with van der Waals surface area (Å²) in [7, 11) is -3.59. The summed E-state index contributed by atoms with van der Waals surface area (Å²) in [4.78, 5) is 12.6. The van der Waals surface area contributed by atoms with Gasteiger partial charge in [-0.1, -0.05) is 55.5 Å². The zero-order chi connectivity index (χ0) is 19.3. The number of nitrogens with one attached hydrogen (secondary N) is 1. The van der Waals surface area contributed by atoms with E-state index in [1.54, 1.807) is 0 Å². The van der Waals surface area contributed by atoms with Gasteiger partial charge in [-0.25, -0.2) is 8.42 Å². The SMILES string of the molecule is CC[C@H](NC(=O)CN(c1c(C)cccc1C)S(C)(=O)=O)c1ccccc1. The van der Waals surface area contributed by atoms with Crippen LogP contribution in [0.4, 0.5) is 5.69 Å². The molecule has 1 atom stereocenters. The smallest absolute Gasteiger partial charge is 0.241 e. The van der Waals surface area contributed by atoms with E-state index in [-0.39, 0.29) is 18.5 Å². The van der Waals surface area contributed by atoms with E-state index >= 15 is 0 Å². The fourth-order valence-corrected chi connectivity index (χ4v) is 4.01. The van der Waals surface area contributed by atoms with Gasteiger partial charge in [-0.3, -0.25) is 9.10 Å². The summed E-state index contributed by atoms with van der Waals surface area (Å²) < 4.78 is 25.9. The van der Waals surface area contributed by atoms with Crippen LogP contribution in [-0.4, -0.2) is 27.1 Å². The van der Waals surface area contributed by atoms with Gasteiger partial charge in [-0.05, 0) is 37.0 Å². The molecule has 0 spiro atoms. The number of hydrogen-bond donors (Lipinski definition) is 1. The number of amides is 1. The third kappa shape index (κ3) is 4.85. The Morgan fingerprint density at radius 3 is 2.12 bits per heavy atom. The van der Waals surface area contributed by atoms with Crippen molar-refractivity contribution in [3.05, 3.63) is 65.2 Å². The molecular weight excluding hydrogens is 348 g/mol. The maximum Gasteiger partial charge on any atom is 0.241 e. The van der Waals surface area contributed by atoms with Gasteiger partial charge in [0.1, 0.15) is 6.54 Å². The lowest BCUT2D eigenvalue weighted by Crippen LogP contribution is -2.42. The monoisotopic (exact) mass is 374 g/mol. The highest BCUT2D eigenvalue weighted by Gasteiger charge is 2.24. The second-order valence-electron chi connectivity index (χ2n) is 6.45. The van der Waals surface area contributed by atoms with Crippen LogP contribution < -0.4 is 9.62 Å². The summed E-state index contributed by atoms with van der Waals surface area (Å²) in [5, 5.41) is 2.95. The Bertz CT molecular complexity index is 844. The topological polar surface area (TPSA) is 66.5 Å². The number of hydrogen-bond acceptors (Lipinski definition) is 3. The minimum absolute atomic E-state index is 0.150. The number of nitrogens with zero attached hydrogens (tertiary/aromatic N) is 1. The summed E-state index contributed by atoms with van der Waals surface area (Å²) in [6.07, 6.45) is 1.85. The zero-order valence-electron chi connectivity index (χ0n) is 15.7. The van der Waals surface area contributed by atoms with Crippen LogP contribution in [0.25, 0.3) is 0 Å². The lowest BCUT2D eigenvalue weighted by atomic mass is 10.0. The lowest BCUT2D eigenvalue weighted by molar-refractivity contribution is -0.120. The van der Waals surface area contributed by atoms with Crippen molar-refractivity contribution in [3.8, 4) is 0 Å². The number of benzene rings is 2. The molecule has 140 valence electrons. The first-order valence-corrected chi connectivity index (χ1v) is 10.5. The van der Waals surface area contributed by atoms with E-state index < -0.39 is 10.0 Å². The average Bonchev–Trinajstić information content (AvgIpc) is 2.58. The van der Waals surface area contributed by atoms with Crippen molar-refractivity contribution in [2.24, 2.45) is 0 Å². The third-order valence-electron chi connectivity index (χ3n) is 4.32. The van der Waals surface area contributed by atoms with Gasteiger partial charge in [0.05, 0.1) is 18.0 Å². The van der Waals surface area contributed by atoms with Gasteiger partial charge in [0.15, 0.2) is 0 Å². The van der Waals surface area contributed by atoms with Crippen molar-refractivity contribution in [2.45, 2.75) is 33.2 Å². The molecule has 0 saturated heterocycles. The second kappa shape index (κ2) is 8.36. The Labute approximate surface area is 156 Å². The van der Waals surface area contributed by atoms with Gasteiger partial charge in [0.2, 0.25) is 15.9 Å². The number of anilines is 1. The molecule has 1 N–H and O–H groups in total. The van der Waals surface area contributed by atoms with E-state index in [4.69, 9.17) is 0 Å². The van der Waals surface area contributed by atoms with Crippen molar-refractivity contribution < 1.29 is 13.2 Å². The number of aryl methyl sites for hydroxylation is 2. The number of carbonyl (C=O) groups is 1. The predicted molar refractivity (Wildman–Crippen MR) is 106 cm³/mol. The van der Waals surface area contributed by atoms with Crippen LogP contribution in [0.1, 0.15) is 36.1 Å². The summed E-state index contributed by atoms with van der Waals surface area (Å²) in [6.45, 7) is 5.43. The molecule has 0 fully saturated rings. The van der Waals surface area contributed by atoms with E-state index in [9.17, 15) is 13.2 Å². The van der Waals surface area contributed by atoms with Crippen LogP contribution in [0.3, 0.4) is 0 Å². The highest BCUT2D eigenvalue weighted by Crippen LogP contribution is 2.26. The summed E-state index contributed by atoms with van der Waals surface area (Å²) in [5.74, 6) is -0.325. The third-order valence-corrected chi connectivity index (χ3v) is 5.43. The van der Waals surface area contributed by atoms with Gasteiger partial charge in [0, 0.05) is 0 Å². The lowest BCUT2D eigenvalue weighted by Gasteiger charge is -2.26. The number of carbonyl (C=O) groups excluding carboxylic acids is 1. The molecule has 1 amide bonds. The molecule has 0 bridgehead atoms. The Morgan fingerprint density at radius 2 is 1.62 bits per heavy atom. The van der Waals surface area contributed by atoms with Crippen molar-refractivity contribution in [3.63, 3.8) is 0 Å². The maximum atomic E-state index is 12.6. The predicted octanol–water partition coefficient (Wildman–Crippen LogP) is 3.34. The second-order valence-corrected chi connectivity index (χ2v) is 8.36. The number of para-hydroxylation sites is 1. The van der Waals surface area contributed by atoms with Crippen molar-refractivity contribution >= 4 is 21.6 Å². The Morgan fingerprint density at radius 1 is 1.04 bits per heavy atom. The first kappa shape index (κ1) is 20.0. The molecule has 6 heteroatoms. The molecule has 0 aliphatic rings. The van der Waals surface area contributed by atoms with E-state index in [0.29, 0.717) is 5.69 Å². The van der Waals surface area contributed by atoms with Crippen LogP contribution in [0.15, 0.2) is 48.5 Å². The van der Waals surface area contributed by atoms with Gasteiger partial charge in [0.25, 0.3) is 0 Å². The normalized spacial score (nSPS) is 12.5. The van der Waals surface area contributed by atoms with Gasteiger partial charge in [-0.2, -0.15) is 0 Å². The minimum Gasteiger partial charge on any atom is -0.348 e. The van der Waals surface area contributed by atoms with Gasteiger partial charge < -0.3 is 5.32 Å². The number of rotatable bonds is 7. The molecule has 2 rings (SSSR count). The fraction of sp³-hybridized carbons (Fsp3) is 0.350. The molecular formula is C20H26N2O3S. The molecule has 2 aromatic carbocycles. The van der Waals surface area contributed by atoms with Crippen molar-refractivity contribution in [1.29, 1.82) is 0 Å². The molecule has 0 radical (unpaired) electrons. The molecule has 5 nitrogen and oxygen atoms in total. The highest BCUT2D eigenvalue weighted by molar-refractivity contribution is 7.92. The van der Waals surface area contributed by atoms with Crippen LogP contribution in [-0.2, 0) is 14.8 Å². The Kier molecular flexibility index (Phi) is 6.42. The molecule has 0 saturated carbocycles. The van der Waals surface area contributed by atoms with Crippen LogP contribution in [0, 0.1) is 13.8 Å². The standard InChI is InChI=1S/C20H26N2O3S/c1-5-18(17-12-7-6-8-13-17)21-19(23)14-22(26(4,24)25)20-15(2)10-9-11-16(20)3/h6-13,18H,5,14H2,1-4H3,(H,21,23)/t18-/m0/s1. The Hall–Kier alpha value is -2.34. The van der Waals surface area contributed by atoms with Crippen molar-refractivity contribution in [2.75, 3.05) is 17.1 Å². The zero-order valence-corrected chi connectivity index (χ0v) is 16.5. The quantitative estimate of drug-likeness (QED) is 0.808. The molecule has 0 aromatic heterocycles. The summed E-state index contributed by atoms with van der Waals surface area (Å²) in [5.41, 5.74) is 3.20. The van der Waals surface area contributed by atoms with Gasteiger partial charge >= 0.3 is 0 Å². The fourth-order valence-electron chi connectivity index (χ4n) is 3.04. The minimum atomic E-state index is -3.59. The van der Waals surface area contributed by atoms with Crippen LogP contribution in [0.5, 0.6) is 0 Å². The van der Waals surface area contributed by atoms with Crippen molar-refractivity contribution in [1.82, 2.24) is 5.32 Å². The van der Waals surface area contributed by atoms with E-state index in [2.05, 4.69) is 5.32 Å².